The second-order valence-electron chi connectivity index (χ2n) is 4.65. The van der Waals surface area contributed by atoms with Crippen molar-refractivity contribution in [2.75, 3.05) is 6.54 Å². The highest BCUT2D eigenvalue weighted by atomic mass is 16.2. The number of carbonyl (C=O) groups excluding carboxylic acids is 2. The van der Waals surface area contributed by atoms with E-state index in [-0.39, 0.29) is 17.7 Å². The zero-order chi connectivity index (χ0) is 13.7. The molecule has 0 aromatic heterocycles. The van der Waals surface area contributed by atoms with Crippen molar-refractivity contribution in [3.05, 3.63) is 35.9 Å². The molecule has 1 saturated heterocycles. The van der Waals surface area contributed by atoms with Crippen molar-refractivity contribution < 1.29 is 9.59 Å². The molecule has 3 nitrogen and oxygen atoms in total. The molecule has 0 N–H and O–H groups in total. The summed E-state index contributed by atoms with van der Waals surface area (Å²) in [6, 6.07) is 9.82. The Morgan fingerprint density at radius 3 is 2.68 bits per heavy atom. The van der Waals surface area contributed by atoms with Gasteiger partial charge in [-0.3, -0.25) is 14.5 Å². The lowest BCUT2D eigenvalue weighted by Gasteiger charge is -2.13. The maximum Gasteiger partial charge on any atom is 0.233 e. The van der Waals surface area contributed by atoms with Gasteiger partial charge in [-0.25, -0.2) is 0 Å². The van der Waals surface area contributed by atoms with Crippen LogP contribution in [0.25, 0.3) is 0 Å². The highest BCUT2D eigenvalue weighted by Gasteiger charge is 2.37. The van der Waals surface area contributed by atoms with Gasteiger partial charge in [0, 0.05) is 19.4 Å². The predicted molar refractivity (Wildman–Crippen MR) is 73.0 cm³/mol. The van der Waals surface area contributed by atoms with Gasteiger partial charge in [-0.05, 0) is 18.9 Å². The Bertz CT molecular complexity index is 525. The van der Waals surface area contributed by atoms with Crippen molar-refractivity contribution in [2.45, 2.75) is 26.2 Å². The molecule has 1 heterocycles. The third-order valence-corrected chi connectivity index (χ3v) is 3.30. The van der Waals surface area contributed by atoms with Gasteiger partial charge >= 0.3 is 0 Å². The van der Waals surface area contributed by atoms with Crippen LogP contribution in [0.2, 0.25) is 0 Å². The highest BCUT2D eigenvalue weighted by molar-refractivity contribution is 6.03. The third kappa shape index (κ3) is 3.23. The fraction of sp³-hybridized carbons (Fsp3) is 0.375. The van der Waals surface area contributed by atoms with Crippen LogP contribution in [0, 0.1) is 17.8 Å². The minimum atomic E-state index is -0.204. The fourth-order valence-corrected chi connectivity index (χ4v) is 2.34. The second-order valence-corrected chi connectivity index (χ2v) is 4.65. The summed E-state index contributed by atoms with van der Waals surface area (Å²) in [7, 11) is 0. The molecule has 0 saturated carbocycles. The summed E-state index contributed by atoms with van der Waals surface area (Å²) >= 11 is 0. The predicted octanol–water partition coefficient (Wildman–Crippen LogP) is 2.02. The van der Waals surface area contributed by atoms with Crippen molar-refractivity contribution >= 4 is 11.8 Å². The van der Waals surface area contributed by atoms with Gasteiger partial charge in [-0.2, -0.15) is 0 Å². The van der Waals surface area contributed by atoms with Gasteiger partial charge in [-0.1, -0.05) is 30.3 Å². The Labute approximate surface area is 113 Å². The molecule has 1 unspecified atom stereocenters. The number of benzene rings is 1. The number of hydrogen-bond acceptors (Lipinski definition) is 2. The minimum absolute atomic E-state index is 0.0493. The first kappa shape index (κ1) is 13.4. The first-order valence-electron chi connectivity index (χ1n) is 6.50. The van der Waals surface area contributed by atoms with Gasteiger partial charge in [0.15, 0.2) is 0 Å². The lowest BCUT2D eigenvalue weighted by atomic mass is 9.98. The number of likely N-dealkylation sites (tertiary alicyclic amines) is 1. The Morgan fingerprint density at radius 2 is 2.00 bits per heavy atom. The SMILES string of the molecule is CC#CCCN1C(=O)CC(Cc2ccccc2)C1=O. The molecule has 1 aliphatic heterocycles. The molecule has 1 atom stereocenters. The minimum Gasteiger partial charge on any atom is -0.281 e. The zero-order valence-corrected chi connectivity index (χ0v) is 11.1. The van der Waals surface area contributed by atoms with Gasteiger partial charge in [0.2, 0.25) is 11.8 Å². The van der Waals surface area contributed by atoms with Crippen molar-refractivity contribution in [1.82, 2.24) is 4.90 Å². The number of nitrogens with zero attached hydrogens (tertiary/aromatic N) is 1. The summed E-state index contributed by atoms with van der Waals surface area (Å²) in [6.07, 6.45) is 1.53. The van der Waals surface area contributed by atoms with Crippen LogP contribution in [0.3, 0.4) is 0 Å². The topological polar surface area (TPSA) is 37.4 Å². The van der Waals surface area contributed by atoms with Crippen molar-refractivity contribution in [3.63, 3.8) is 0 Å². The molecule has 2 rings (SSSR count). The van der Waals surface area contributed by atoms with E-state index in [1.807, 2.05) is 30.3 Å². The lowest BCUT2D eigenvalue weighted by molar-refractivity contribution is -0.139. The van der Waals surface area contributed by atoms with Gasteiger partial charge in [0.05, 0.1) is 5.92 Å². The Morgan fingerprint density at radius 1 is 1.26 bits per heavy atom. The molecule has 2 amide bonds. The summed E-state index contributed by atoms with van der Waals surface area (Å²) < 4.78 is 0. The standard InChI is InChI=1S/C16H17NO2/c1-2-3-7-10-17-15(18)12-14(16(17)19)11-13-8-5-4-6-9-13/h4-6,8-9,14H,7,10-12H2,1H3. The van der Waals surface area contributed by atoms with Crippen LogP contribution in [-0.4, -0.2) is 23.3 Å². The average molecular weight is 255 g/mol. The molecule has 0 spiro atoms. The van der Waals surface area contributed by atoms with E-state index in [1.54, 1.807) is 6.92 Å². The summed E-state index contributed by atoms with van der Waals surface area (Å²) in [4.78, 5) is 25.4. The smallest absolute Gasteiger partial charge is 0.233 e. The Kier molecular flexibility index (Phi) is 4.35. The number of hydrogen-bond donors (Lipinski definition) is 0. The zero-order valence-electron chi connectivity index (χ0n) is 11.1. The summed E-state index contributed by atoms with van der Waals surface area (Å²) in [5.74, 6) is 5.34. The van der Waals surface area contributed by atoms with Crippen LogP contribution in [0.15, 0.2) is 30.3 Å². The van der Waals surface area contributed by atoms with Gasteiger partial charge in [-0.15, -0.1) is 11.8 Å². The van der Waals surface area contributed by atoms with E-state index in [1.165, 1.54) is 4.90 Å². The second kappa shape index (κ2) is 6.19. The molecule has 1 aromatic rings. The van der Waals surface area contributed by atoms with E-state index in [0.717, 1.165) is 5.56 Å². The average Bonchev–Trinajstić information content (AvgIpc) is 2.68. The van der Waals surface area contributed by atoms with Gasteiger partial charge in [0.25, 0.3) is 0 Å². The molecule has 3 heteroatoms. The van der Waals surface area contributed by atoms with E-state index < -0.39 is 0 Å². The van der Waals surface area contributed by atoms with Gasteiger partial charge < -0.3 is 0 Å². The van der Waals surface area contributed by atoms with E-state index in [9.17, 15) is 9.59 Å². The lowest BCUT2D eigenvalue weighted by Crippen LogP contribution is -2.31. The van der Waals surface area contributed by atoms with E-state index in [4.69, 9.17) is 0 Å². The van der Waals surface area contributed by atoms with Crippen LogP contribution in [0.1, 0.15) is 25.3 Å². The maximum atomic E-state index is 12.2. The van der Waals surface area contributed by atoms with E-state index in [0.29, 0.717) is 25.8 Å². The Balaban J connectivity index is 1.99. The molecule has 1 fully saturated rings. The van der Waals surface area contributed by atoms with Crippen molar-refractivity contribution in [3.8, 4) is 11.8 Å². The van der Waals surface area contributed by atoms with Crippen LogP contribution < -0.4 is 0 Å². The molecule has 0 radical (unpaired) electrons. The normalized spacial score (nSPS) is 18.4. The van der Waals surface area contributed by atoms with E-state index in [2.05, 4.69) is 11.8 Å². The number of amides is 2. The van der Waals surface area contributed by atoms with Crippen LogP contribution in [0.5, 0.6) is 0 Å². The van der Waals surface area contributed by atoms with Gasteiger partial charge in [0.1, 0.15) is 0 Å². The third-order valence-electron chi connectivity index (χ3n) is 3.30. The van der Waals surface area contributed by atoms with E-state index >= 15 is 0 Å². The monoisotopic (exact) mass is 255 g/mol. The largest absolute Gasteiger partial charge is 0.281 e. The summed E-state index contributed by atoms with van der Waals surface area (Å²) in [6.45, 7) is 2.18. The van der Waals surface area contributed by atoms with Crippen LogP contribution in [0.4, 0.5) is 0 Å². The molecule has 1 aliphatic rings. The maximum absolute atomic E-state index is 12.2. The molecule has 98 valence electrons. The van der Waals surface area contributed by atoms with Crippen molar-refractivity contribution in [1.29, 1.82) is 0 Å². The highest BCUT2D eigenvalue weighted by Crippen LogP contribution is 2.23. The first-order valence-corrected chi connectivity index (χ1v) is 6.50. The molecule has 0 aliphatic carbocycles. The van der Waals surface area contributed by atoms with Crippen LogP contribution >= 0.6 is 0 Å². The molecular weight excluding hydrogens is 238 g/mol. The van der Waals surface area contributed by atoms with Crippen LogP contribution in [-0.2, 0) is 16.0 Å². The van der Waals surface area contributed by atoms with Crippen molar-refractivity contribution in [2.24, 2.45) is 5.92 Å². The number of rotatable bonds is 4. The Hall–Kier alpha value is -2.08. The quantitative estimate of drug-likeness (QED) is 0.609. The molecule has 0 bridgehead atoms. The molecular formula is C16H17NO2. The summed E-state index contributed by atoms with van der Waals surface area (Å²) in [5.41, 5.74) is 1.10. The number of imide groups is 1. The number of carbonyl (C=O) groups is 2. The molecule has 1 aromatic carbocycles. The first-order chi connectivity index (χ1) is 9.22. The summed E-state index contributed by atoms with van der Waals surface area (Å²) in [5, 5.41) is 0. The molecule has 19 heavy (non-hydrogen) atoms. The fourth-order valence-electron chi connectivity index (χ4n) is 2.34.